The van der Waals surface area contributed by atoms with Gasteiger partial charge in [-0.2, -0.15) is 0 Å². The number of ether oxygens (including phenoxy) is 1. The predicted molar refractivity (Wildman–Crippen MR) is 76.3 cm³/mol. The summed E-state index contributed by atoms with van der Waals surface area (Å²) in [5.74, 6) is -0.734. The minimum absolute atomic E-state index is 0.00123. The number of carboxylic acid groups (broad SMARTS) is 1. The number of hydrogen-bond acceptors (Lipinski definition) is 4. The number of nitrogens with zero attached hydrogens (tertiary/aromatic N) is 1. The van der Waals surface area contributed by atoms with E-state index in [-0.39, 0.29) is 17.0 Å². The average Bonchev–Trinajstić information content (AvgIpc) is 2.40. The van der Waals surface area contributed by atoms with Gasteiger partial charge in [-0.05, 0) is 36.8 Å². The van der Waals surface area contributed by atoms with Gasteiger partial charge in [0.05, 0.1) is 10.5 Å². The Bertz CT molecular complexity index is 729. The third-order valence-corrected chi connectivity index (χ3v) is 3.00. The molecule has 21 heavy (non-hydrogen) atoms. The fourth-order valence-corrected chi connectivity index (χ4v) is 1.90. The number of carboxylic acids is 1. The molecule has 2 aromatic rings. The Hall–Kier alpha value is -2.60. The largest absolute Gasteiger partial charge is 0.478 e. The smallest absolute Gasteiger partial charge is 0.335 e. The monoisotopic (exact) mass is 307 g/mol. The fraction of sp³-hybridized carbons (Fsp3) is 0.0714. The first kappa shape index (κ1) is 14.8. The van der Waals surface area contributed by atoms with Gasteiger partial charge in [-0.3, -0.25) is 10.1 Å². The van der Waals surface area contributed by atoms with E-state index in [1.165, 1.54) is 36.4 Å². The highest BCUT2D eigenvalue weighted by Crippen LogP contribution is 2.35. The summed E-state index contributed by atoms with van der Waals surface area (Å²) in [5.41, 5.74) is 0.436. The summed E-state index contributed by atoms with van der Waals surface area (Å²) in [6.45, 7) is 1.65. The van der Waals surface area contributed by atoms with E-state index in [1.54, 1.807) is 6.92 Å². The van der Waals surface area contributed by atoms with Gasteiger partial charge < -0.3 is 9.84 Å². The molecule has 0 aliphatic heterocycles. The maximum atomic E-state index is 11.0. The molecular formula is C14H10ClNO5. The number of benzene rings is 2. The number of nitro groups is 1. The van der Waals surface area contributed by atoms with Gasteiger partial charge >= 0.3 is 11.7 Å². The Morgan fingerprint density at radius 1 is 1.24 bits per heavy atom. The molecule has 108 valence electrons. The second-order valence-corrected chi connectivity index (χ2v) is 4.69. The Labute approximate surface area is 124 Å². The SMILES string of the molecule is Cc1cc(C(=O)O)ccc1Oc1cc(Cl)ccc1[N+](=O)[O-]. The molecule has 0 aliphatic rings. The molecule has 0 atom stereocenters. The van der Waals surface area contributed by atoms with E-state index < -0.39 is 10.9 Å². The zero-order valence-electron chi connectivity index (χ0n) is 10.9. The molecule has 2 rings (SSSR count). The van der Waals surface area contributed by atoms with E-state index in [9.17, 15) is 14.9 Å². The van der Waals surface area contributed by atoms with Crippen LogP contribution in [0.4, 0.5) is 5.69 Å². The van der Waals surface area contributed by atoms with E-state index >= 15 is 0 Å². The quantitative estimate of drug-likeness (QED) is 0.680. The molecule has 6 nitrogen and oxygen atoms in total. The highest BCUT2D eigenvalue weighted by atomic mass is 35.5. The van der Waals surface area contributed by atoms with Crippen LogP contribution in [0.5, 0.6) is 11.5 Å². The second kappa shape index (κ2) is 5.80. The van der Waals surface area contributed by atoms with Crippen molar-refractivity contribution in [2.75, 3.05) is 0 Å². The van der Waals surface area contributed by atoms with Gasteiger partial charge in [0.2, 0.25) is 5.75 Å². The zero-order chi connectivity index (χ0) is 15.6. The van der Waals surface area contributed by atoms with E-state index in [0.29, 0.717) is 16.3 Å². The molecule has 0 heterocycles. The van der Waals surface area contributed by atoms with Gasteiger partial charge in [0.15, 0.2) is 0 Å². The summed E-state index contributed by atoms with van der Waals surface area (Å²) in [7, 11) is 0. The van der Waals surface area contributed by atoms with E-state index in [1.807, 2.05) is 0 Å². The van der Waals surface area contributed by atoms with Crippen LogP contribution in [0.2, 0.25) is 5.02 Å². The molecular weight excluding hydrogens is 298 g/mol. The molecule has 0 aliphatic carbocycles. The summed E-state index contributed by atoms with van der Waals surface area (Å²) in [6, 6.07) is 8.22. The number of hydrogen-bond donors (Lipinski definition) is 1. The molecule has 0 fully saturated rings. The Morgan fingerprint density at radius 3 is 2.52 bits per heavy atom. The highest BCUT2D eigenvalue weighted by Gasteiger charge is 2.17. The van der Waals surface area contributed by atoms with E-state index in [0.717, 1.165) is 0 Å². The third-order valence-electron chi connectivity index (χ3n) is 2.76. The van der Waals surface area contributed by atoms with Crippen LogP contribution in [-0.4, -0.2) is 16.0 Å². The molecule has 0 aromatic heterocycles. The third kappa shape index (κ3) is 3.29. The lowest BCUT2D eigenvalue weighted by Gasteiger charge is -2.10. The number of aryl methyl sites for hydroxylation is 1. The van der Waals surface area contributed by atoms with E-state index in [4.69, 9.17) is 21.4 Å². The molecule has 2 aromatic carbocycles. The van der Waals surface area contributed by atoms with Crippen LogP contribution >= 0.6 is 11.6 Å². The number of halogens is 1. The van der Waals surface area contributed by atoms with Crippen LogP contribution in [0.15, 0.2) is 36.4 Å². The second-order valence-electron chi connectivity index (χ2n) is 4.26. The van der Waals surface area contributed by atoms with Crippen molar-refractivity contribution >= 4 is 23.3 Å². The van der Waals surface area contributed by atoms with Gasteiger partial charge in [0.25, 0.3) is 0 Å². The zero-order valence-corrected chi connectivity index (χ0v) is 11.6. The van der Waals surface area contributed by atoms with Gasteiger partial charge in [0.1, 0.15) is 5.75 Å². The Kier molecular flexibility index (Phi) is 4.09. The lowest BCUT2D eigenvalue weighted by molar-refractivity contribution is -0.385. The van der Waals surface area contributed by atoms with Crippen LogP contribution < -0.4 is 4.74 Å². The minimum Gasteiger partial charge on any atom is -0.478 e. The van der Waals surface area contributed by atoms with Crippen molar-refractivity contribution in [3.8, 4) is 11.5 Å². The number of rotatable bonds is 4. The number of nitro benzene ring substituents is 1. The molecule has 0 amide bonds. The molecule has 0 spiro atoms. The van der Waals surface area contributed by atoms with Gasteiger partial charge in [-0.1, -0.05) is 11.6 Å². The van der Waals surface area contributed by atoms with Gasteiger partial charge in [0, 0.05) is 17.2 Å². The maximum absolute atomic E-state index is 11.0. The first-order valence-electron chi connectivity index (χ1n) is 5.84. The first-order valence-corrected chi connectivity index (χ1v) is 6.22. The molecule has 0 radical (unpaired) electrons. The maximum Gasteiger partial charge on any atom is 0.335 e. The van der Waals surface area contributed by atoms with Crippen LogP contribution in [-0.2, 0) is 0 Å². The molecule has 0 bridgehead atoms. The highest BCUT2D eigenvalue weighted by molar-refractivity contribution is 6.30. The van der Waals surface area contributed by atoms with Gasteiger partial charge in [-0.25, -0.2) is 4.79 Å². The average molecular weight is 308 g/mol. The topological polar surface area (TPSA) is 89.7 Å². The van der Waals surface area contributed by atoms with Crippen molar-refractivity contribution in [2.45, 2.75) is 6.92 Å². The van der Waals surface area contributed by atoms with Crippen LogP contribution in [0.25, 0.3) is 0 Å². The van der Waals surface area contributed by atoms with Crippen molar-refractivity contribution in [2.24, 2.45) is 0 Å². The molecule has 0 unspecified atom stereocenters. The summed E-state index contributed by atoms with van der Waals surface area (Å²) in [5, 5.41) is 20.2. The van der Waals surface area contributed by atoms with Crippen molar-refractivity contribution in [1.82, 2.24) is 0 Å². The fourth-order valence-electron chi connectivity index (χ4n) is 1.74. The van der Waals surface area contributed by atoms with Crippen molar-refractivity contribution in [3.05, 3.63) is 62.7 Å². The lowest BCUT2D eigenvalue weighted by atomic mass is 10.1. The minimum atomic E-state index is -1.06. The van der Waals surface area contributed by atoms with Crippen molar-refractivity contribution in [1.29, 1.82) is 0 Å². The Balaban J connectivity index is 2.40. The molecule has 7 heteroatoms. The van der Waals surface area contributed by atoms with Gasteiger partial charge in [-0.15, -0.1) is 0 Å². The van der Waals surface area contributed by atoms with Crippen LogP contribution in [0.1, 0.15) is 15.9 Å². The molecule has 0 saturated heterocycles. The van der Waals surface area contributed by atoms with E-state index in [2.05, 4.69) is 0 Å². The predicted octanol–water partition coefficient (Wildman–Crippen LogP) is 4.05. The number of carbonyl (C=O) groups is 1. The lowest BCUT2D eigenvalue weighted by Crippen LogP contribution is -1.98. The summed E-state index contributed by atoms with van der Waals surface area (Å²) in [4.78, 5) is 21.2. The normalized spacial score (nSPS) is 10.2. The summed E-state index contributed by atoms with van der Waals surface area (Å²) in [6.07, 6.45) is 0. The van der Waals surface area contributed by atoms with Crippen molar-refractivity contribution in [3.63, 3.8) is 0 Å². The van der Waals surface area contributed by atoms with Crippen LogP contribution in [0.3, 0.4) is 0 Å². The molecule has 0 saturated carbocycles. The summed E-state index contributed by atoms with van der Waals surface area (Å²) >= 11 is 5.81. The summed E-state index contributed by atoms with van der Waals surface area (Å²) < 4.78 is 5.50. The first-order chi connectivity index (χ1) is 9.88. The molecule has 1 N–H and O–H groups in total. The number of aromatic carboxylic acids is 1. The Morgan fingerprint density at radius 2 is 1.95 bits per heavy atom. The standard InChI is InChI=1S/C14H10ClNO5/c1-8-6-9(14(17)18)2-5-12(8)21-13-7-10(15)3-4-11(13)16(19)20/h2-7H,1H3,(H,17,18). The van der Waals surface area contributed by atoms with Crippen LogP contribution in [0, 0.1) is 17.0 Å². The van der Waals surface area contributed by atoms with Crippen molar-refractivity contribution < 1.29 is 19.6 Å².